The summed E-state index contributed by atoms with van der Waals surface area (Å²) in [6, 6.07) is 5.60. The number of hydrogen-bond donors (Lipinski definition) is 2. The van der Waals surface area contributed by atoms with Gasteiger partial charge in [0.2, 0.25) is 0 Å². The van der Waals surface area contributed by atoms with E-state index in [1.807, 2.05) is 26.8 Å². The molecule has 0 heterocycles. The quantitative estimate of drug-likeness (QED) is 0.607. The van der Waals surface area contributed by atoms with E-state index in [9.17, 15) is 4.79 Å². The summed E-state index contributed by atoms with van der Waals surface area (Å²) in [6.45, 7) is 7.02. The Labute approximate surface area is 114 Å². The monoisotopic (exact) mass is 265 g/mol. The average Bonchev–Trinajstić information content (AvgIpc) is 2.38. The van der Waals surface area contributed by atoms with E-state index >= 15 is 0 Å². The number of hydrazine groups is 1. The topological polar surface area (TPSA) is 67.6 Å². The van der Waals surface area contributed by atoms with Gasteiger partial charge in [-0.2, -0.15) is 0 Å². The second kappa shape index (κ2) is 7.11. The molecule has 0 saturated heterocycles. The summed E-state index contributed by atoms with van der Waals surface area (Å²) in [5, 5.41) is 0. The third-order valence-electron chi connectivity index (χ3n) is 3.04. The summed E-state index contributed by atoms with van der Waals surface area (Å²) < 4.78 is 5.05. The molecule has 1 amide bonds. The standard InChI is InChI=1S/C14H23N3O2/c1-10(2)17(7-8-19-4)14(18)13-6-5-12(16-15)9-11(13)3/h5-6,9-10,16H,7-8,15H2,1-4H3. The van der Waals surface area contributed by atoms with Crippen LogP contribution in [0.3, 0.4) is 0 Å². The van der Waals surface area contributed by atoms with E-state index in [0.717, 1.165) is 11.3 Å². The van der Waals surface area contributed by atoms with Gasteiger partial charge in [0.15, 0.2) is 0 Å². The van der Waals surface area contributed by atoms with Crippen LogP contribution >= 0.6 is 0 Å². The average molecular weight is 265 g/mol. The highest BCUT2D eigenvalue weighted by molar-refractivity contribution is 5.96. The van der Waals surface area contributed by atoms with Crippen molar-refractivity contribution in [2.24, 2.45) is 5.84 Å². The van der Waals surface area contributed by atoms with Gasteiger partial charge in [-0.1, -0.05) is 0 Å². The maximum Gasteiger partial charge on any atom is 0.254 e. The van der Waals surface area contributed by atoms with Gasteiger partial charge < -0.3 is 15.1 Å². The third kappa shape index (κ3) is 3.94. The van der Waals surface area contributed by atoms with Crippen molar-refractivity contribution in [1.29, 1.82) is 0 Å². The number of hydrogen-bond acceptors (Lipinski definition) is 4. The maximum atomic E-state index is 12.5. The van der Waals surface area contributed by atoms with Gasteiger partial charge in [-0.25, -0.2) is 0 Å². The first-order chi connectivity index (χ1) is 9.01. The predicted molar refractivity (Wildman–Crippen MR) is 77.0 cm³/mol. The van der Waals surface area contributed by atoms with Gasteiger partial charge in [0.1, 0.15) is 0 Å². The molecule has 5 heteroatoms. The molecule has 0 atom stereocenters. The Hall–Kier alpha value is -1.59. The van der Waals surface area contributed by atoms with Crippen LogP contribution in [0.15, 0.2) is 18.2 Å². The highest BCUT2D eigenvalue weighted by Gasteiger charge is 2.20. The summed E-state index contributed by atoms with van der Waals surface area (Å²) in [5.41, 5.74) is 4.97. The number of nitrogens with two attached hydrogens (primary N) is 1. The van der Waals surface area contributed by atoms with Gasteiger partial charge in [0.25, 0.3) is 5.91 Å². The summed E-state index contributed by atoms with van der Waals surface area (Å²) in [7, 11) is 1.63. The fourth-order valence-corrected chi connectivity index (χ4v) is 1.93. The number of nitrogens with zero attached hydrogens (tertiary/aromatic N) is 1. The molecule has 0 aliphatic carbocycles. The first kappa shape index (κ1) is 15.5. The minimum absolute atomic E-state index is 0.0214. The number of carbonyl (C=O) groups is 1. The van der Waals surface area contributed by atoms with E-state index in [1.165, 1.54) is 0 Å². The van der Waals surface area contributed by atoms with Crippen LogP contribution in [-0.4, -0.2) is 37.1 Å². The Morgan fingerprint density at radius 1 is 1.47 bits per heavy atom. The normalized spacial score (nSPS) is 10.6. The van der Waals surface area contributed by atoms with E-state index in [-0.39, 0.29) is 11.9 Å². The second-order valence-corrected chi connectivity index (χ2v) is 4.76. The molecule has 5 nitrogen and oxygen atoms in total. The summed E-state index contributed by atoms with van der Waals surface area (Å²) in [5.74, 6) is 5.38. The van der Waals surface area contributed by atoms with Crippen molar-refractivity contribution in [3.05, 3.63) is 29.3 Å². The zero-order valence-corrected chi connectivity index (χ0v) is 12.1. The van der Waals surface area contributed by atoms with Crippen molar-refractivity contribution < 1.29 is 9.53 Å². The van der Waals surface area contributed by atoms with Gasteiger partial charge in [-0.05, 0) is 44.5 Å². The minimum atomic E-state index is 0.0214. The van der Waals surface area contributed by atoms with Crippen LogP contribution < -0.4 is 11.3 Å². The molecular weight excluding hydrogens is 242 g/mol. The van der Waals surface area contributed by atoms with Gasteiger partial charge in [0.05, 0.1) is 6.61 Å². The fraction of sp³-hybridized carbons (Fsp3) is 0.500. The molecule has 0 spiro atoms. The number of amides is 1. The van der Waals surface area contributed by atoms with Gasteiger partial charge >= 0.3 is 0 Å². The third-order valence-corrected chi connectivity index (χ3v) is 3.04. The van der Waals surface area contributed by atoms with Crippen molar-refractivity contribution in [1.82, 2.24) is 4.90 Å². The zero-order chi connectivity index (χ0) is 14.4. The zero-order valence-electron chi connectivity index (χ0n) is 12.1. The molecule has 3 N–H and O–H groups in total. The Bertz CT molecular complexity index is 433. The molecular formula is C14H23N3O2. The van der Waals surface area contributed by atoms with E-state index in [1.54, 1.807) is 24.1 Å². The SMILES string of the molecule is COCCN(C(=O)c1ccc(NN)cc1C)C(C)C. The van der Waals surface area contributed by atoms with Crippen LogP contribution in [0.5, 0.6) is 0 Å². The number of nitrogen functional groups attached to an aromatic ring is 1. The van der Waals surface area contributed by atoms with Gasteiger partial charge in [-0.15, -0.1) is 0 Å². The molecule has 1 rings (SSSR count). The molecule has 0 bridgehead atoms. The number of nitrogens with one attached hydrogen (secondary N) is 1. The molecule has 0 saturated carbocycles. The molecule has 0 fully saturated rings. The van der Waals surface area contributed by atoms with E-state index in [0.29, 0.717) is 18.7 Å². The number of carbonyl (C=O) groups excluding carboxylic acids is 1. The van der Waals surface area contributed by atoms with Crippen LogP contribution in [0.4, 0.5) is 5.69 Å². The van der Waals surface area contributed by atoms with Crippen LogP contribution in [-0.2, 0) is 4.74 Å². The van der Waals surface area contributed by atoms with Crippen LogP contribution in [0.25, 0.3) is 0 Å². The van der Waals surface area contributed by atoms with Crippen molar-refractivity contribution in [3.63, 3.8) is 0 Å². The lowest BCUT2D eigenvalue weighted by molar-refractivity contribution is 0.0634. The highest BCUT2D eigenvalue weighted by Crippen LogP contribution is 2.17. The number of ether oxygens (including phenoxy) is 1. The molecule has 1 aromatic rings. The van der Waals surface area contributed by atoms with Gasteiger partial charge in [0, 0.05) is 30.9 Å². The summed E-state index contributed by atoms with van der Waals surface area (Å²) in [6.07, 6.45) is 0. The predicted octanol–water partition coefficient (Wildman–Crippen LogP) is 1.78. The Morgan fingerprint density at radius 3 is 2.63 bits per heavy atom. The van der Waals surface area contributed by atoms with E-state index in [4.69, 9.17) is 10.6 Å². The van der Waals surface area contributed by atoms with Crippen LogP contribution in [0.1, 0.15) is 29.8 Å². The number of benzene rings is 1. The molecule has 0 unspecified atom stereocenters. The Kier molecular flexibility index (Phi) is 5.79. The maximum absolute atomic E-state index is 12.5. The number of anilines is 1. The molecule has 1 aromatic carbocycles. The van der Waals surface area contributed by atoms with Crippen molar-refractivity contribution in [2.75, 3.05) is 25.7 Å². The molecule has 19 heavy (non-hydrogen) atoms. The number of aryl methyl sites for hydroxylation is 1. The van der Waals surface area contributed by atoms with Crippen LogP contribution in [0, 0.1) is 6.92 Å². The summed E-state index contributed by atoms with van der Waals surface area (Å²) >= 11 is 0. The van der Waals surface area contributed by atoms with Crippen molar-refractivity contribution in [3.8, 4) is 0 Å². The number of methoxy groups -OCH3 is 1. The lowest BCUT2D eigenvalue weighted by atomic mass is 10.1. The molecule has 106 valence electrons. The Balaban J connectivity index is 2.96. The Morgan fingerprint density at radius 2 is 2.16 bits per heavy atom. The largest absolute Gasteiger partial charge is 0.383 e. The minimum Gasteiger partial charge on any atom is -0.383 e. The van der Waals surface area contributed by atoms with Crippen molar-refractivity contribution in [2.45, 2.75) is 26.8 Å². The molecule has 0 aliphatic rings. The molecule has 0 aliphatic heterocycles. The molecule has 0 aromatic heterocycles. The van der Waals surface area contributed by atoms with Gasteiger partial charge in [-0.3, -0.25) is 10.6 Å². The second-order valence-electron chi connectivity index (χ2n) is 4.76. The fourth-order valence-electron chi connectivity index (χ4n) is 1.93. The first-order valence-electron chi connectivity index (χ1n) is 6.38. The molecule has 0 radical (unpaired) electrons. The van der Waals surface area contributed by atoms with E-state index in [2.05, 4.69) is 5.43 Å². The lowest BCUT2D eigenvalue weighted by Crippen LogP contribution is -2.39. The first-order valence-corrected chi connectivity index (χ1v) is 6.38. The highest BCUT2D eigenvalue weighted by atomic mass is 16.5. The number of rotatable bonds is 6. The van der Waals surface area contributed by atoms with Crippen LogP contribution in [0.2, 0.25) is 0 Å². The van der Waals surface area contributed by atoms with E-state index < -0.39 is 0 Å². The summed E-state index contributed by atoms with van der Waals surface area (Å²) in [4.78, 5) is 14.3. The van der Waals surface area contributed by atoms with Crippen molar-refractivity contribution >= 4 is 11.6 Å². The smallest absolute Gasteiger partial charge is 0.254 e. The lowest BCUT2D eigenvalue weighted by Gasteiger charge is -2.27.